The number of ether oxygens (including phenoxy) is 1. The van der Waals surface area contributed by atoms with Crippen molar-refractivity contribution in [3.8, 4) is 0 Å². The van der Waals surface area contributed by atoms with Crippen molar-refractivity contribution in [3.05, 3.63) is 118 Å². The zero-order valence-electron chi connectivity index (χ0n) is 27.9. The van der Waals surface area contributed by atoms with Crippen molar-refractivity contribution >= 4 is 23.5 Å². The summed E-state index contributed by atoms with van der Waals surface area (Å²) in [6, 6.07) is 24.5. The Hall–Kier alpha value is -2.68. The van der Waals surface area contributed by atoms with Crippen molar-refractivity contribution in [2.24, 2.45) is 0 Å². The van der Waals surface area contributed by atoms with E-state index < -0.39 is 0 Å². The first-order chi connectivity index (χ1) is 22.7. The molecule has 3 nitrogen and oxygen atoms in total. The molecule has 7 heteroatoms. The topological polar surface area (TPSA) is 18.1 Å². The van der Waals surface area contributed by atoms with Crippen LogP contribution < -0.4 is 9.80 Å². The van der Waals surface area contributed by atoms with Gasteiger partial charge in [-0.05, 0) is 82.1 Å². The lowest BCUT2D eigenvalue weighted by molar-refractivity contribution is -1.03. The third-order valence-corrected chi connectivity index (χ3v) is 12.7. The minimum atomic E-state index is -0.189. The van der Waals surface area contributed by atoms with Crippen LogP contribution in [0.25, 0.3) is 0 Å². The van der Waals surface area contributed by atoms with Crippen molar-refractivity contribution < 1.29 is 23.3 Å². The fraction of sp³-hybridized carbons (Fsp3) is 0.400. The fourth-order valence-electron chi connectivity index (χ4n) is 7.40. The first-order valence-corrected chi connectivity index (χ1v) is 18.8. The van der Waals surface area contributed by atoms with Gasteiger partial charge in [0.25, 0.3) is 0 Å². The average Bonchev–Trinajstić information content (AvgIpc) is 3.31. The Bertz CT molecular complexity index is 1750. The highest BCUT2D eigenvalue weighted by Crippen LogP contribution is 2.44. The first kappa shape index (κ1) is 32.8. The Morgan fingerprint density at radius 1 is 0.660 bits per heavy atom. The molecule has 2 atom stereocenters. The van der Waals surface area contributed by atoms with Crippen molar-refractivity contribution in [2.45, 2.75) is 84.1 Å². The predicted molar refractivity (Wildman–Crippen MR) is 187 cm³/mol. The van der Waals surface area contributed by atoms with Gasteiger partial charge in [-0.1, -0.05) is 81.6 Å². The Morgan fingerprint density at radius 2 is 1.21 bits per heavy atom. The van der Waals surface area contributed by atoms with Crippen LogP contribution in [0.3, 0.4) is 0 Å². The molecule has 4 aromatic rings. The molecule has 0 bridgehead atoms. The molecule has 3 heterocycles. The van der Waals surface area contributed by atoms with Crippen LogP contribution in [-0.2, 0) is 17.6 Å². The zero-order chi connectivity index (χ0) is 32.7. The average molecular weight is 673 g/mol. The van der Waals surface area contributed by atoms with Crippen LogP contribution in [0.4, 0.5) is 8.78 Å². The zero-order valence-corrected chi connectivity index (χ0v) is 29.5. The number of benzene rings is 4. The van der Waals surface area contributed by atoms with E-state index in [1.807, 2.05) is 12.1 Å². The summed E-state index contributed by atoms with van der Waals surface area (Å²) in [6.45, 7) is 15.1. The summed E-state index contributed by atoms with van der Waals surface area (Å²) < 4.78 is 35.2. The summed E-state index contributed by atoms with van der Waals surface area (Å²) in [4.78, 5) is 7.71. The summed E-state index contributed by atoms with van der Waals surface area (Å²) in [5.41, 5.74) is 7.75. The van der Waals surface area contributed by atoms with Crippen LogP contribution in [-0.4, -0.2) is 39.3 Å². The monoisotopic (exact) mass is 672 g/mol. The molecule has 0 spiro atoms. The number of piperazine rings is 1. The highest BCUT2D eigenvalue weighted by molar-refractivity contribution is 7.99. The minimum absolute atomic E-state index is 0.0470. The molecule has 1 saturated heterocycles. The number of halogens is 2. The molecular weight excluding hydrogens is 627 g/mol. The van der Waals surface area contributed by atoms with E-state index in [0.717, 1.165) is 60.9 Å². The Labute approximate surface area is 287 Å². The molecule has 4 aromatic carbocycles. The van der Waals surface area contributed by atoms with Crippen molar-refractivity contribution in [3.63, 3.8) is 0 Å². The molecule has 3 aliphatic rings. The molecule has 7 rings (SSSR count). The van der Waals surface area contributed by atoms with Crippen LogP contribution in [0.2, 0.25) is 0 Å². The van der Waals surface area contributed by atoms with E-state index >= 15 is 0 Å². The molecule has 3 aliphatic heterocycles. The maximum Gasteiger partial charge on any atom is 0.128 e. The Balaban J connectivity index is 1.04. The highest BCUT2D eigenvalue weighted by atomic mass is 32.2. The molecule has 246 valence electrons. The maximum absolute atomic E-state index is 14.3. The SMILES string of the molecule is CC(C)c1ccc2c(c1)[C@@H](OCC[NH+]1CC[NH+]([C@@H]3Cc4ccc(F)cc4Sc4ccc(C(C)C)cc43)CC1)Cc1ccc(F)cc1S2. The number of rotatable bonds is 7. The molecular formula is C40H46F2N2OS2+2. The third-order valence-electron chi connectivity index (χ3n) is 10.3. The maximum atomic E-state index is 14.3. The molecule has 1 fully saturated rings. The van der Waals surface area contributed by atoms with Gasteiger partial charge in [-0.15, -0.1) is 0 Å². The van der Waals surface area contributed by atoms with E-state index in [0.29, 0.717) is 24.5 Å². The van der Waals surface area contributed by atoms with Gasteiger partial charge in [0, 0.05) is 38.0 Å². The molecule has 0 aromatic heterocycles. The van der Waals surface area contributed by atoms with Gasteiger partial charge in [0.1, 0.15) is 50.4 Å². The molecule has 2 N–H and O–H groups in total. The van der Waals surface area contributed by atoms with Crippen LogP contribution in [0.1, 0.15) is 85.1 Å². The van der Waals surface area contributed by atoms with Crippen molar-refractivity contribution in [1.29, 1.82) is 0 Å². The second kappa shape index (κ2) is 14.0. The molecule has 0 saturated carbocycles. The lowest BCUT2D eigenvalue weighted by atomic mass is 9.93. The van der Waals surface area contributed by atoms with Gasteiger partial charge in [0.15, 0.2) is 0 Å². The largest absolute Gasteiger partial charge is 0.367 e. The van der Waals surface area contributed by atoms with E-state index in [-0.39, 0.29) is 17.7 Å². The van der Waals surface area contributed by atoms with Crippen LogP contribution >= 0.6 is 23.5 Å². The van der Waals surface area contributed by atoms with Gasteiger partial charge in [0.05, 0.1) is 12.7 Å². The second-order valence-electron chi connectivity index (χ2n) is 14.1. The molecule has 47 heavy (non-hydrogen) atoms. The Kier molecular flexibility index (Phi) is 9.82. The van der Waals surface area contributed by atoms with E-state index in [1.165, 1.54) is 37.6 Å². The van der Waals surface area contributed by atoms with Gasteiger partial charge in [-0.3, -0.25) is 0 Å². The summed E-state index contributed by atoms with van der Waals surface area (Å²) in [5.74, 6) is 0.552. The first-order valence-electron chi connectivity index (χ1n) is 17.2. The Morgan fingerprint density at radius 3 is 1.81 bits per heavy atom. The molecule has 0 aliphatic carbocycles. The number of quaternary nitrogens is 2. The molecule has 0 radical (unpaired) electrons. The van der Waals surface area contributed by atoms with E-state index in [4.69, 9.17) is 4.74 Å². The van der Waals surface area contributed by atoms with Crippen LogP contribution in [0.5, 0.6) is 0 Å². The summed E-state index contributed by atoms with van der Waals surface area (Å²) in [6.07, 6.45) is 1.65. The van der Waals surface area contributed by atoms with Gasteiger partial charge in [0.2, 0.25) is 0 Å². The normalized spacial score (nSPS) is 22.2. The predicted octanol–water partition coefficient (Wildman–Crippen LogP) is 7.21. The number of fused-ring (bicyclic) bond motifs is 4. The van der Waals surface area contributed by atoms with Gasteiger partial charge in [-0.25, -0.2) is 8.78 Å². The van der Waals surface area contributed by atoms with Gasteiger partial charge in [-0.2, -0.15) is 0 Å². The lowest BCUT2D eigenvalue weighted by Gasteiger charge is -2.35. The van der Waals surface area contributed by atoms with Gasteiger partial charge < -0.3 is 14.5 Å². The third kappa shape index (κ3) is 7.20. The van der Waals surface area contributed by atoms with E-state index in [2.05, 4.69) is 64.1 Å². The standard InChI is InChI=1S/C40H44F2N2OS2/c1-25(2)27-7-11-37-33(19-27)35(21-29-5-9-31(41)23-39(29)46-37)44-15-13-43(14-16-44)17-18-45-36-22-30-6-10-32(42)24-40(30)47-38-12-8-28(26(3)4)20-34(36)38/h5-12,19-20,23-26,35-36H,13-18,21-22H2,1-4H3/p+2/t35-,36+/m1/s1. The number of nitrogens with one attached hydrogen (secondary N) is 2. The highest BCUT2D eigenvalue weighted by Gasteiger charge is 2.35. The molecule has 0 amide bonds. The quantitative estimate of drug-likeness (QED) is 0.216. The van der Waals surface area contributed by atoms with E-state index in [9.17, 15) is 8.78 Å². The summed E-state index contributed by atoms with van der Waals surface area (Å²) in [7, 11) is 0. The fourth-order valence-corrected chi connectivity index (χ4v) is 9.69. The van der Waals surface area contributed by atoms with E-state index in [1.54, 1.807) is 57.6 Å². The minimum Gasteiger partial charge on any atom is -0.367 e. The van der Waals surface area contributed by atoms with Gasteiger partial charge >= 0.3 is 0 Å². The van der Waals surface area contributed by atoms with Crippen LogP contribution in [0, 0.1) is 11.6 Å². The smallest absolute Gasteiger partial charge is 0.128 e. The van der Waals surface area contributed by atoms with Crippen molar-refractivity contribution in [2.75, 3.05) is 39.3 Å². The van der Waals surface area contributed by atoms with Crippen LogP contribution in [0.15, 0.2) is 92.4 Å². The number of hydrogen-bond acceptors (Lipinski definition) is 3. The molecule has 0 unspecified atom stereocenters. The second-order valence-corrected chi connectivity index (χ2v) is 16.3. The summed E-state index contributed by atoms with van der Waals surface area (Å²) in [5, 5.41) is 0. The lowest BCUT2D eigenvalue weighted by Crippen LogP contribution is -3.28. The number of hydrogen-bond donors (Lipinski definition) is 2. The summed E-state index contributed by atoms with van der Waals surface area (Å²) >= 11 is 3.40. The van der Waals surface area contributed by atoms with Crippen molar-refractivity contribution in [1.82, 2.24) is 0 Å².